The number of hydrogen-bond donors (Lipinski definition) is 2. The molecule has 0 aliphatic rings. The molecular formula is C21H23N7O. The average Bonchev–Trinajstić information content (AvgIpc) is 3.25. The minimum atomic E-state index is -0.0584. The number of hydrogen-bond acceptors (Lipinski definition) is 5. The van der Waals surface area contributed by atoms with Crippen LogP contribution in [-0.4, -0.2) is 49.4 Å². The van der Waals surface area contributed by atoms with Crippen LogP contribution in [0, 0.1) is 13.8 Å². The van der Waals surface area contributed by atoms with Gasteiger partial charge in [0.1, 0.15) is 11.4 Å². The van der Waals surface area contributed by atoms with Crippen LogP contribution >= 0.6 is 0 Å². The molecule has 3 aromatic heterocycles. The van der Waals surface area contributed by atoms with Gasteiger partial charge in [-0.25, -0.2) is 15.0 Å². The van der Waals surface area contributed by atoms with E-state index in [2.05, 4.69) is 25.3 Å². The number of imidazole rings is 1. The summed E-state index contributed by atoms with van der Waals surface area (Å²) in [6.45, 7) is 4.01. The third-order valence-electron chi connectivity index (χ3n) is 4.95. The Morgan fingerprint density at radius 1 is 1.17 bits per heavy atom. The third-order valence-corrected chi connectivity index (χ3v) is 4.95. The Morgan fingerprint density at radius 2 is 1.97 bits per heavy atom. The quantitative estimate of drug-likeness (QED) is 0.558. The number of benzene rings is 1. The molecule has 0 unspecified atom stereocenters. The Kier molecular flexibility index (Phi) is 4.54. The van der Waals surface area contributed by atoms with Gasteiger partial charge in [0.25, 0.3) is 5.91 Å². The maximum Gasteiger partial charge on any atom is 0.269 e. The fraction of sp³-hybridized carbons (Fsp3) is 0.238. The first-order valence-electron chi connectivity index (χ1n) is 9.27. The van der Waals surface area contributed by atoms with Gasteiger partial charge in [-0.05, 0) is 43.7 Å². The SMILES string of the molecule is Cc1cc(Nc2nccc(-c3ncn(C)c3C)n2)cc2cc(C(=O)N(C)C)[nH]c12. The van der Waals surface area contributed by atoms with E-state index in [9.17, 15) is 4.79 Å². The Balaban J connectivity index is 1.67. The summed E-state index contributed by atoms with van der Waals surface area (Å²) >= 11 is 0. The molecule has 29 heavy (non-hydrogen) atoms. The standard InChI is InChI=1S/C21H23N7O/c1-12-8-15(9-14-10-17(25-18(12)14)20(29)27(3)4)24-21-22-7-6-16(26-21)19-13(2)28(5)11-23-19/h6-11,25H,1-5H3,(H,22,24,26). The zero-order valence-corrected chi connectivity index (χ0v) is 17.1. The molecule has 0 aliphatic carbocycles. The molecule has 0 saturated carbocycles. The van der Waals surface area contributed by atoms with Gasteiger partial charge in [-0.15, -0.1) is 0 Å². The summed E-state index contributed by atoms with van der Waals surface area (Å²) in [4.78, 5) is 30.4. The molecule has 0 fully saturated rings. The molecule has 148 valence electrons. The number of fused-ring (bicyclic) bond motifs is 1. The first-order chi connectivity index (χ1) is 13.8. The van der Waals surface area contributed by atoms with Crippen molar-refractivity contribution in [2.24, 2.45) is 7.05 Å². The summed E-state index contributed by atoms with van der Waals surface area (Å²) in [6.07, 6.45) is 3.49. The number of aromatic amines is 1. The van der Waals surface area contributed by atoms with E-state index in [1.165, 1.54) is 0 Å². The molecule has 3 heterocycles. The molecule has 0 aliphatic heterocycles. The van der Waals surface area contributed by atoms with Crippen LogP contribution in [-0.2, 0) is 7.05 Å². The predicted molar refractivity (Wildman–Crippen MR) is 113 cm³/mol. The minimum Gasteiger partial charge on any atom is -0.350 e. The van der Waals surface area contributed by atoms with Crippen LogP contribution in [0.2, 0.25) is 0 Å². The van der Waals surface area contributed by atoms with Crippen molar-refractivity contribution in [3.63, 3.8) is 0 Å². The van der Waals surface area contributed by atoms with E-state index >= 15 is 0 Å². The summed E-state index contributed by atoms with van der Waals surface area (Å²) in [5, 5.41) is 4.22. The summed E-state index contributed by atoms with van der Waals surface area (Å²) < 4.78 is 1.96. The molecule has 1 amide bonds. The van der Waals surface area contributed by atoms with Gasteiger partial charge < -0.3 is 19.8 Å². The number of nitrogens with zero attached hydrogens (tertiary/aromatic N) is 5. The van der Waals surface area contributed by atoms with Crippen LogP contribution in [0.25, 0.3) is 22.3 Å². The van der Waals surface area contributed by atoms with Crippen LogP contribution < -0.4 is 5.32 Å². The second kappa shape index (κ2) is 7.05. The van der Waals surface area contributed by atoms with E-state index in [1.807, 2.05) is 49.7 Å². The first kappa shape index (κ1) is 18.7. The number of rotatable bonds is 4. The van der Waals surface area contributed by atoms with Gasteiger partial charge in [-0.2, -0.15) is 0 Å². The Labute approximate surface area is 168 Å². The third kappa shape index (κ3) is 3.44. The largest absolute Gasteiger partial charge is 0.350 e. The molecule has 0 spiro atoms. The Morgan fingerprint density at radius 3 is 2.66 bits per heavy atom. The number of carbonyl (C=O) groups is 1. The molecule has 0 bridgehead atoms. The van der Waals surface area contributed by atoms with Crippen molar-refractivity contribution in [2.75, 3.05) is 19.4 Å². The van der Waals surface area contributed by atoms with E-state index < -0.39 is 0 Å². The van der Waals surface area contributed by atoms with Crippen molar-refractivity contribution < 1.29 is 4.79 Å². The molecule has 0 saturated heterocycles. The minimum absolute atomic E-state index is 0.0584. The zero-order valence-electron chi connectivity index (χ0n) is 17.1. The molecule has 8 nitrogen and oxygen atoms in total. The lowest BCUT2D eigenvalue weighted by molar-refractivity contribution is 0.0823. The fourth-order valence-corrected chi connectivity index (χ4v) is 3.28. The normalized spacial score (nSPS) is 11.1. The molecular weight excluding hydrogens is 366 g/mol. The molecule has 8 heteroatoms. The van der Waals surface area contributed by atoms with Gasteiger partial charge in [0.2, 0.25) is 5.95 Å². The van der Waals surface area contributed by atoms with Crippen LogP contribution in [0.1, 0.15) is 21.7 Å². The second-order valence-corrected chi connectivity index (χ2v) is 7.32. The van der Waals surface area contributed by atoms with Gasteiger partial charge in [-0.3, -0.25) is 4.79 Å². The molecule has 4 rings (SSSR count). The summed E-state index contributed by atoms with van der Waals surface area (Å²) in [5.74, 6) is 0.434. The van der Waals surface area contributed by atoms with Crippen molar-refractivity contribution in [1.29, 1.82) is 0 Å². The van der Waals surface area contributed by atoms with Gasteiger partial charge in [0.05, 0.1) is 12.0 Å². The van der Waals surface area contributed by atoms with Crippen LogP contribution in [0.3, 0.4) is 0 Å². The molecule has 0 radical (unpaired) electrons. The number of aryl methyl sites for hydroxylation is 2. The van der Waals surface area contributed by atoms with Crippen LogP contribution in [0.5, 0.6) is 0 Å². The van der Waals surface area contributed by atoms with Crippen LogP contribution in [0.15, 0.2) is 36.8 Å². The fourth-order valence-electron chi connectivity index (χ4n) is 3.28. The Bertz CT molecular complexity index is 1220. The predicted octanol–water partition coefficient (Wildman–Crippen LogP) is 3.42. The average molecular weight is 389 g/mol. The van der Waals surface area contributed by atoms with E-state index in [0.717, 1.165) is 39.2 Å². The van der Waals surface area contributed by atoms with Crippen molar-refractivity contribution in [3.8, 4) is 11.4 Å². The number of H-pyrrole nitrogens is 1. The highest BCUT2D eigenvalue weighted by molar-refractivity contribution is 5.99. The first-order valence-corrected chi connectivity index (χ1v) is 9.27. The molecule has 2 N–H and O–H groups in total. The second-order valence-electron chi connectivity index (χ2n) is 7.32. The van der Waals surface area contributed by atoms with Crippen LogP contribution in [0.4, 0.5) is 11.6 Å². The number of nitrogens with one attached hydrogen (secondary N) is 2. The highest BCUT2D eigenvalue weighted by Crippen LogP contribution is 2.27. The lowest BCUT2D eigenvalue weighted by atomic mass is 10.1. The monoisotopic (exact) mass is 389 g/mol. The molecule has 4 aromatic rings. The van der Waals surface area contributed by atoms with Crippen molar-refractivity contribution >= 4 is 28.4 Å². The zero-order chi connectivity index (χ0) is 20.7. The number of anilines is 2. The number of aromatic nitrogens is 5. The lowest BCUT2D eigenvalue weighted by Crippen LogP contribution is -2.21. The van der Waals surface area contributed by atoms with Crippen molar-refractivity contribution in [2.45, 2.75) is 13.8 Å². The topological polar surface area (TPSA) is 91.7 Å². The Hall–Kier alpha value is -3.68. The molecule has 1 aromatic carbocycles. The number of amides is 1. The number of carbonyl (C=O) groups excluding carboxylic acids is 1. The maximum absolute atomic E-state index is 12.3. The van der Waals surface area contributed by atoms with E-state index in [4.69, 9.17) is 0 Å². The highest BCUT2D eigenvalue weighted by Gasteiger charge is 2.14. The smallest absolute Gasteiger partial charge is 0.269 e. The summed E-state index contributed by atoms with van der Waals surface area (Å²) in [5.41, 5.74) is 6.03. The van der Waals surface area contributed by atoms with Gasteiger partial charge in [0.15, 0.2) is 0 Å². The van der Waals surface area contributed by atoms with Gasteiger partial charge in [-0.1, -0.05) is 0 Å². The van der Waals surface area contributed by atoms with E-state index in [1.54, 1.807) is 31.5 Å². The highest BCUT2D eigenvalue weighted by atomic mass is 16.2. The van der Waals surface area contributed by atoms with E-state index in [-0.39, 0.29) is 5.91 Å². The van der Waals surface area contributed by atoms with E-state index in [0.29, 0.717) is 11.6 Å². The van der Waals surface area contributed by atoms with Crippen molar-refractivity contribution in [3.05, 3.63) is 53.7 Å². The molecule has 0 atom stereocenters. The summed E-state index contributed by atoms with van der Waals surface area (Å²) in [6, 6.07) is 7.70. The van der Waals surface area contributed by atoms with Gasteiger partial charge in [0, 0.05) is 49.6 Å². The lowest BCUT2D eigenvalue weighted by Gasteiger charge is -2.08. The van der Waals surface area contributed by atoms with Crippen molar-refractivity contribution in [1.82, 2.24) is 29.4 Å². The van der Waals surface area contributed by atoms with Gasteiger partial charge >= 0.3 is 0 Å². The summed E-state index contributed by atoms with van der Waals surface area (Å²) in [7, 11) is 5.43. The maximum atomic E-state index is 12.3.